The highest BCUT2D eigenvalue weighted by molar-refractivity contribution is 6.07. The van der Waals surface area contributed by atoms with Crippen LogP contribution in [0.1, 0.15) is 16.7 Å². The third-order valence-corrected chi connectivity index (χ3v) is 6.40. The molecule has 0 saturated carbocycles. The fraction of sp³-hybridized carbons (Fsp3) is 0.172. The Balaban J connectivity index is 1.38. The van der Waals surface area contributed by atoms with E-state index in [0.717, 1.165) is 16.7 Å². The first-order valence-electron chi connectivity index (χ1n) is 11.4. The summed E-state index contributed by atoms with van der Waals surface area (Å²) in [4.78, 5) is 30.2. The van der Waals surface area contributed by atoms with Crippen molar-refractivity contribution in [2.24, 2.45) is 0 Å². The van der Waals surface area contributed by atoms with Crippen molar-refractivity contribution in [1.82, 2.24) is 15.1 Å². The Morgan fingerprint density at radius 1 is 0.765 bits per heavy atom. The lowest BCUT2D eigenvalue weighted by Crippen LogP contribution is -2.46. The molecule has 3 amide bonds. The molecule has 1 heterocycles. The van der Waals surface area contributed by atoms with Gasteiger partial charge in [-0.15, -0.1) is 0 Å². The van der Waals surface area contributed by atoms with Gasteiger partial charge in [0.05, 0.1) is 6.67 Å². The molecule has 0 radical (unpaired) electrons. The summed E-state index contributed by atoms with van der Waals surface area (Å²) in [6.45, 7) is 0.833. The number of nitrogens with zero attached hydrogens (tertiary/aromatic N) is 2. The number of carbonyl (C=O) groups is 2. The quantitative estimate of drug-likeness (QED) is 0.408. The Kier molecular flexibility index (Phi) is 5.86. The Bertz CT molecular complexity index is 1320. The summed E-state index contributed by atoms with van der Waals surface area (Å²) in [6.07, 6.45) is 0.396. The highest BCUT2D eigenvalue weighted by Gasteiger charge is 2.52. The molecular weight excluding hydrogens is 422 g/mol. The standard InChI is InChI=1S/C29H27N3O2/c1-31(20-23-16-17-24-12-8-9-13-25(24)18-23)21-32-27(33)29(30-28(32)34,26-14-6-3-7-15-26)19-22-10-4-2-5-11-22/h2-18H,19-21H2,1H3,(H,30,34). The van der Waals surface area contributed by atoms with E-state index >= 15 is 0 Å². The number of carbonyl (C=O) groups excluding carboxylic acids is 2. The Labute approximate surface area is 199 Å². The predicted octanol–water partition coefficient (Wildman–Crippen LogP) is 4.92. The topological polar surface area (TPSA) is 52.6 Å². The second-order valence-corrected chi connectivity index (χ2v) is 8.93. The van der Waals surface area contributed by atoms with Crippen LogP contribution >= 0.6 is 0 Å². The number of urea groups is 1. The van der Waals surface area contributed by atoms with E-state index in [9.17, 15) is 9.59 Å². The molecule has 34 heavy (non-hydrogen) atoms. The fourth-order valence-electron chi connectivity index (χ4n) is 4.74. The van der Waals surface area contributed by atoms with Crippen LogP contribution in [0.3, 0.4) is 0 Å². The monoisotopic (exact) mass is 449 g/mol. The maximum Gasteiger partial charge on any atom is 0.326 e. The maximum absolute atomic E-state index is 13.8. The number of imide groups is 1. The predicted molar refractivity (Wildman–Crippen MR) is 134 cm³/mol. The zero-order valence-electron chi connectivity index (χ0n) is 19.1. The molecule has 5 heteroatoms. The molecule has 0 aromatic heterocycles. The van der Waals surface area contributed by atoms with Gasteiger partial charge in [0.1, 0.15) is 0 Å². The molecular formula is C29H27N3O2. The SMILES string of the molecule is CN(Cc1ccc2ccccc2c1)CN1C(=O)NC(Cc2ccccc2)(c2ccccc2)C1=O. The van der Waals surface area contributed by atoms with Gasteiger partial charge in [-0.2, -0.15) is 0 Å². The molecule has 1 fully saturated rings. The van der Waals surface area contributed by atoms with Crippen LogP contribution in [0, 0.1) is 0 Å². The lowest BCUT2D eigenvalue weighted by Gasteiger charge is -2.28. The van der Waals surface area contributed by atoms with E-state index in [4.69, 9.17) is 0 Å². The molecule has 4 aromatic carbocycles. The highest BCUT2D eigenvalue weighted by Crippen LogP contribution is 2.33. The van der Waals surface area contributed by atoms with Crippen molar-refractivity contribution in [2.75, 3.05) is 13.7 Å². The first-order valence-corrected chi connectivity index (χ1v) is 11.4. The largest absolute Gasteiger partial charge is 0.326 e. The van der Waals surface area contributed by atoms with Gasteiger partial charge in [0.15, 0.2) is 5.54 Å². The molecule has 4 aromatic rings. The van der Waals surface area contributed by atoms with Gasteiger partial charge < -0.3 is 5.32 Å². The lowest BCUT2D eigenvalue weighted by atomic mass is 9.83. The van der Waals surface area contributed by atoms with Gasteiger partial charge in [-0.25, -0.2) is 9.69 Å². The van der Waals surface area contributed by atoms with Crippen LogP contribution in [0.15, 0.2) is 103 Å². The van der Waals surface area contributed by atoms with Gasteiger partial charge in [0, 0.05) is 13.0 Å². The number of hydrogen-bond acceptors (Lipinski definition) is 3. The molecule has 0 aliphatic carbocycles. The van der Waals surface area contributed by atoms with Crippen LogP contribution < -0.4 is 5.32 Å². The molecule has 1 unspecified atom stereocenters. The van der Waals surface area contributed by atoms with E-state index < -0.39 is 5.54 Å². The van der Waals surface area contributed by atoms with Gasteiger partial charge in [0.25, 0.3) is 5.91 Å². The normalized spacial score (nSPS) is 18.0. The summed E-state index contributed by atoms with van der Waals surface area (Å²) >= 11 is 0. The third-order valence-electron chi connectivity index (χ3n) is 6.40. The molecule has 1 aliphatic heterocycles. The van der Waals surface area contributed by atoms with E-state index in [1.165, 1.54) is 15.7 Å². The fourth-order valence-corrected chi connectivity index (χ4v) is 4.74. The average molecular weight is 450 g/mol. The van der Waals surface area contributed by atoms with Crippen LogP contribution in [0.2, 0.25) is 0 Å². The van der Waals surface area contributed by atoms with Crippen molar-refractivity contribution in [1.29, 1.82) is 0 Å². The van der Waals surface area contributed by atoms with E-state index in [1.54, 1.807) is 0 Å². The zero-order valence-corrected chi connectivity index (χ0v) is 19.1. The number of hydrogen-bond donors (Lipinski definition) is 1. The van der Waals surface area contributed by atoms with Crippen LogP contribution in [0.4, 0.5) is 4.79 Å². The van der Waals surface area contributed by atoms with E-state index in [0.29, 0.717) is 13.0 Å². The molecule has 1 saturated heterocycles. The van der Waals surface area contributed by atoms with Crippen LogP contribution in [-0.2, 0) is 23.3 Å². The molecule has 0 bridgehead atoms. The molecule has 1 N–H and O–H groups in total. The van der Waals surface area contributed by atoms with Gasteiger partial charge in [0.2, 0.25) is 0 Å². The minimum atomic E-state index is -1.12. The molecule has 170 valence electrons. The van der Waals surface area contributed by atoms with Crippen molar-refractivity contribution < 1.29 is 9.59 Å². The summed E-state index contributed by atoms with van der Waals surface area (Å²) in [5.41, 5.74) is 1.79. The lowest BCUT2D eigenvalue weighted by molar-refractivity contribution is -0.133. The Morgan fingerprint density at radius 2 is 1.41 bits per heavy atom. The number of fused-ring (bicyclic) bond motifs is 1. The molecule has 1 aliphatic rings. The van der Waals surface area contributed by atoms with Crippen molar-refractivity contribution >= 4 is 22.7 Å². The minimum absolute atomic E-state index is 0.209. The molecule has 1 atom stereocenters. The number of amides is 3. The minimum Gasteiger partial charge on any atom is -0.319 e. The van der Waals surface area contributed by atoms with Crippen molar-refractivity contribution in [3.8, 4) is 0 Å². The summed E-state index contributed by atoms with van der Waals surface area (Å²) in [7, 11) is 1.93. The average Bonchev–Trinajstić information content (AvgIpc) is 3.10. The van der Waals surface area contributed by atoms with Crippen LogP contribution in [0.25, 0.3) is 10.8 Å². The third kappa shape index (κ3) is 4.18. The second-order valence-electron chi connectivity index (χ2n) is 8.93. The zero-order chi connectivity index (χ0) is 23.5. The van der Waals surface area contributed by atoms with Gasteiger partial charge in [-0.1, -0.05) is 97.1 Å². The van der Waals surface area contributed by atoms with E-state index in [-0.39, 0.29) is 18.6 Å². The summed E-state index contributed by atoms with van der Waals surface area (Å²) in [5.74, 6) is -0.224. The molecule has 0 spiro atoms. The number of nitrogens with one attached hydrogen (secondary N) is 1. The smallest absolute Gasteiger partial charge is 0.319 e. The van der Waals surface area contributed by atoms with Crippen LogP contribution in [-0.4, -0.2) is 35.5 Å². The highest BCUT2D eigenvalue weighted by atomic mass is 16.2. The maximum atomic E-state index is 13.8. The van der Waals surface area contributed by atoms with Crippen molar-refractivity contribution in [3.05, 3.63) is 120 Å². The van der Waals surface area contributed by atoms with Gasteiger partial charge >= 0.3 is 6.03 Å². The van der Waals surface area contributed by atoms with Crippen LogP contribution in [0.5, 0.6) is 0 Å². The first kappa shape index (κ1) is 21.9. The summed E-state index contributed by atoms with van der Waals surface area (Å²) in [6, 6.07) is 33.6. The van der Waals surface area contributed by atoms with E-state index in [1.807, 2.05) is 84.7 Å². The van der Waals surface area contributed by atoms with E-state index in [2.05, 4.69) is 35.6 Å². The summed E-state index contributed by atoms with van der Waals surface area (Å²) < 4.78 is 0. The Hall–Kier alpha value is -3.96. The van der Waals surface area contributed by atoms with Crippen molar-refractivity contribution in [2.45, 2.75) is 18.5 Å². The number of benzene rings is 4. The first-order chi connectivity index (χ1) is 16.5. The molecule has 5 rings (SSSR count). The second kappa shape index (κ2) is 9.12. The molecule has 5 nitrogen and oxygen atoms in total. The van der Waals surface area contributed by atoms with Gasteiger partial charge in [-0.05, 0) is 40.6 Å². The van der Waals surface area contributed by atoms with Crippen molar-refractivity contribution in [3.63, 3.8) is 0 Å². The Morgan fingerprint density at radius 3 is 2.15 bits per heavy atom. The van der Waals surface area contributed by atoms with Gasteiger partial charge in [-0.3, -0.25) is 9.69 Å². The summed E-state index contributed by atoms with van der Waals surface area (Å²) in [5, 5.41) is 5.40. The number of rotatable bonds is 7.